The molecule has 0 fully saturated rings. The summed E-state index contributed by atoms with van der Waals surface area (Å²) < 4.78 is 0.833. The number of rotatable bonds is 0. The third-order valence-corrected chi connectivity index (χ3v) is 2.82. The van der Waals surface area contributed by atoms with E-state index in [0.717, 1.165) is 4.73 Å². The number of aromatic nitrogens is 2. The second kappa shape index (κ2) is 3.32. The minimum absolute atomic E-state index is 0.419. The molecule has 4 heteroatoms. The highest BCUT2D eigenvalue weighted by molar-refractivity contribution is 6.34. The molecular formula is C12H7ClN2O. The number of para-hydroxylation sites is 3. The van der Waals surface area contributed by atoms with Crippen LogP contribution in [0.25, 0.3) is 22.1 Å². The number of benzene rings is 2. The van der Waals surface area contributed by atoms with Gasteiger partial charge in [0.25, 0.3) is 5.52 Å². The van der Waals surface area contributed by atoms with Gasteiger partial charge in [-0.1, -0.05) is 29.8 Å². The van der Waals surface area contributed by atoms with E-state index in [1.54, 1.807) is 30.3 Å². The van der Waals surface area contributed by atoms with Crippen LogP contribution in [0.3, 0.4) is 0 Å². The molecule has 0 saturated heterocycles. The van der Waals surface area contributed by atoms with Crippen molar-refractivity contribution in [1.29, 1.82) is 0 Å². The molecule has 0 amide bonds. The lowest BCUT2D eigenvalue weighted by Gasteiger charge is -2.05. The molecular weight excluding hydrogens is 224 g/mol. The molecule has 0 spiro atoms. The molecule has 2 aromatic carbocycles. The van der Waals surface area contributed by atoms with Crippen LogP contribution in [0.15, 0.2) is 42.5 Å². The molecule has 0 aliphatic carbocycles. The maximum absolute atomic E-state index is 12.1. The summed E-state index contributed by atoms with van der Waals surface area (Å²) in [5.41, 5.74) is 2.24. The smallest absolute Gasteiger partial charge is 0.261 e. The zero-order chi connectivity index (χ0) is 11.1. The standard InChI is InChI=1S/C12H7ClN2O/c13-8-4-3-6-10-12(8)15(16)11-7-2-1-5-9(11)14-10/h1-7H. The van der Waals surface area contributed by atoms with Crippen LogP contribution < -0.4 is 4.73 Å². The predicted molar refractivity (Wildman–Crippen MR) is 63.2 cm³/mol. The molecule has 0 saturated carbocycles. The Kier molecular flexibility index (Phi) is 1.94. The topological polar surface area (TPSA) is 39.8 Å². The summed E-state index contributed by atoms with van der Waals surface area (Å²) in [5, 5.41) is 12.5. The van der Waals surface area contributed by atoms with Crippen molar-refractivity contribution in [3.63, 3.8) is 0 Å². The Labute approximate surface area is 96.5 Å². The van der Waals surface area contributed by atoms with Crippen LogP contribution in [0.1, 0.15) is 0 Å². The quantitative estimate of drug-likeness (QED) is 0.338. The zero-order valence-corrected chi connectivity index (χ0v) is 8.98. The Hall–Kier alpha value is -1.87. The fraction of sp³-hybridized carbons (Fsp3) is 0. The molecule has 78 valence electrons. The van der Waals surface area contributed by atoms with Crippen molar-refractivity contribution in [2.75, 3.05) is 0 Å². The number of hydrogen-bond acceptors (Lipinski definition) is 2. The Morgan fingerprint density at radius 1 is 1.00 bits per heavy atom. The lowest BCUT2D eigenvalue weighted by atomic mass is 10.2. The molecule has 0 unspecified atom stereocenters. The maximum Gasteiger partial charge on any atom is 0.261 e. The van der Waals surface area contributed by atoms with Crippen molar-refractivity contribution in [1.82, 2.24) is 4.98 Å². The van der Waals surface area contributed by atoms with Crippen LogP contribution in [0.2, 0.25) is 5.02 Å². The van der Waals surface area contributed by atoms with E-state index in [0.29, 0.717) is 27.1 Å². The minimum atomic E-state index is 0.419. The fourth-order valence-electron chi connectivity index (χ4n) is 1.78. The fourth-order valence-corrected chi connectivity index (χ4v) is 2.02. The Morgan fingerprint density at radius 2 is 1.75 bits per heavy atom. The molecule has 1 heterocycles. The van der Waals surface area contributed by atoms with Gasteiger partial charge in [-0.25, -0.2) is 4.98 Å². The van der Waals surface area contributed by atoms with Gasteiger partial charge in [-0.2, -0.15) is 4.73 Å². The van der Waals surface area contributed by atoms with E-state index in [9.17, 15) is 5.21 Å². The SMILES string of the molecule is [O-][n+]1c2ccccc2nc2cccc(Cl)c21. The van der Waals surface area contributed by atoms with Crippen molar-refractivity contribution in [3.8, 4) is 0 Å². The average Bonchev–Trinajstić information content (AvgIpc) is 2.29. The third-order valence-electron chi connectivity index (χ3n) is 2.51. The van der Waals surface area contributed by atoms with E-state index < -0.39 is 0 Å². The molecule has 0 N–H and O–H groups in total. The lowest BCUT2D eigenvalue weighted by molar-refractivity contribution is -0.548. The highest BCUT2D eigenvalue weighted by Gasteiger charge is 2.13. The number of nitrogens with zero attached hydrogens (tertiary/aromatic N) is 2. The maximum atomic E-state index is 12.1. The van der Waals surface area contributed by atoms with Gasteiger partial charge in [-0.15, -0.1) is 0 Å². The van der Waals surface area contributed by atoms with Crippen LogP contribution >= 0.6 is 11.6 Å². The van der Waals surface area contributed by atoms with Gasteiger partial charge < -0.3 is 5.21 Å². The summed E-state index contributed by atoms with van der Waals surface area (Å²) in [4.78, 5) is 4.39. The van der Waals surface area contributed by atoms with E-state index in [4.69, 9.17) is 11.6 Å². The molecule has 16 heavy (non-hydrogen) atoms. The predicted octanol–water partition coefficient (Wildman–Crippen LogP) is 2.67. The lowest BCUT2D eigenvalue weighted by Crippen LogP contribution is -2.28. The summed E-state index contributed by atoms with van der Waals surface area (Å²) in [5.74, 6) is 0. The molecule has 0 bridgehead atoms. The van der Waals surface area contributed by atoms with Gasteiger partial charge in [0.2, 0.25) is 5.52 Å². The zero-order valence-electron chi connectivity index (χ0n) is 8.22. The van der Waals surface area contributed by atoms with Gasteiger partial charge in [-0.3, -0.25) is 0 Å². The minimum Gasteiger partial charge on any atom is -0.618 e. The van der Waals surface area contributed by atoms with E-state index in [-0.39, 0.29) is 0 Å². The van der Waals surface area contributed by atoms with Crippen molar-refractivity contribution in [2.45, 2.75) is 0 Å². The highest BCUT2D eigenvalue weighted by Crippen LogP contribution is 2.20. The van der Waals surface area contributed by atoms with Gasteiger partial charge in [0.05, 0.1) is 0 Å². The van der Waals surface area contributed by atoms with Crippen LogP contribution in [0, 0.1) is 5.21 Å². The van der Waals surface area contributed by atoms with Crippen molar-refractivity contribution in [3.05, 3.63) is 52.7 Å². The Morgan fingerprint density at radius 3 is 2.62 bits per heavy atom. The largest absolute Gasteiger partial charge is 0.618 e. The third kappa shape index (κ3) is 1.22. The van der Waals surface area contributed by atoms with Crippen LogP contribution in [0.4, 0.5) is 0 Å². The van der Waals surface area contributed by atoms with E-state index in [1.807, 2.05) is 12.1 Å². The first-order valence-corrected chi connectivity index (χ1v) is 5.22. The van der Waals surface area contributed by atoms with Crippen LogP contribution in [-0.2, 0) is 0 Å². The molecule has 3 aromatic rings. The first-order chi connectivity index (χ1) is 7.77. The van der Waals surface area contributed by atoms with E-state index in [1.165, 1.54) is 0 Å². The molecule has 0 radical (unpaired) electrons. The Balaban J connectivity index is 2.62. The summed E-state index contributed by atoms with van der Waals surface area (Å²) in [6.07, 6.45) is 0. The molecule has 0 aliphatic heterocycles. The van der Waals surface area contributed by atoms with Gasteiger partial charge in [0.1, 0.15) is 16.1 Å². The second-order valence-corrected chi connectivity index (χ2v) is 3.91. The highest BCUT2D eigenvalue weighted by atomic mass is 35.5. The molecule has 3 nitrogen and oxygen atoms in total. The summed E-state index contributed by atoms with van der Waals surface area (Å²) >= 11 is 6.00. The van der Waals surface area contributed by atoms with Gasteiger partial charge in [-0.05, 0) is 18.2 Å². The summed E-state index contributed by atoms with van der Waals surface area (Å²) in [6.45, 7) is 0. The van der Waals surface area contributed by atoms with Crippen molar-refractivity contribution >= 4 is 33.7 Å². The van der Waals surface area contributed by atoms with Gasteiger partial charge in [0.15, 0.2) is 0 Å². The van der Waals surface area contributed by atoms with Crippen LogP contribution in [0.5, 0.6) is 0 Å². The molecule has 0 aliphatic rings. The van der Waals surface area contributed by atoms with Gasteiger partial charge in [0, 0.05) is 6.07 Å². The summed E-state index contributed by atoms with van der Waals surface area (Å²) in [7, 11) is 0. The first kappa shape index (κ1) is 9.36. The number of fused-ring (bicyclic) bond motifs is 2. The van der Waals surface area contributed by atoms with Crippen molar-refractivity contribution < 1.29 is 4.73 Å². The van der Waals surface area contributed by atoms with Crippen molar-refractivity contribution in [2.24, 2.45) is 0 Å². The molecule has 1 aromatic heterocycles. The number of halogens is 1. The second-order valence-electron chi connectivity index (χ2n) is 3.50. The number of hydrogen-bond donors (Lipinski definition) is 0. The van der Waals surface area contributed by atoms with Gasteiger partial charge >= 0.3 is 0 Å². The molecule has 3 rings (SSSR count). The first-order valence-electron chi connectivity index (χ1n) is 4.84. The average molecular weight is 231 g/mol. The summed E-state index contributed by atoms with van der Waals surface area (Å²) in [6, 6.07) is 12.5. The van der Waals surface area contributed by atoms with E-state index in [2.05, 4.69) is 4.98 Å². The normalized spacial score (nSPS) is 11.1. The molecule has 0 atom stereocenters. The monoisotopic (exact) mass is 230 g/mol. The Bertz CT molecular complexity index is 697. The van der Waals surface area contributed by atoms with E-state index >= 15 is 0 Å². The van der Waals surface area contributed by atoms with Crippen LogP contribution in [-0.4, -0.2) is 4.98 Å².